The number of hydrogen-bond acceptors (Lipinski definition) is 2. The Balaban J connectivity index is 1.77. The van der Waals surface area contributed by atoms with Crippen molar-refractivity contribution in [3.8, 4) is 33.9 Å². The predicted octanol–water partition coefficient (Wildman–Crippen LogP) is 4.16. The molecule has 1 aliphatic carbocycles. The van der Waals surface area contributed by atoms with Crippen molar-refractivity contribution < 1.29 is 0 Å². The molecule has 0 N–H and O–H groups in total. The Kier molecular flexibility index (Phi) is 2.48. The van der Waals surface area contributed by atoms with E-state index in [0.717, 1.165) is 29.2 Å². The van der Waals surface area contributed by atoms with Crippen LogP contribution in [0.2, 0.25) is 0 Å². The third-order valence-corrected chi connectivity index (χ3v) is 4.57. The summed E-state index contributed by atoms with van der Waals surface area (Å²) in [5.74, 6) is 0.819. The molecule has 2 heterocycles. The minimum absolute atomic E-state index is 0.819. The lowest BCUT2D eigenvalue weighted by atomic mass is 9.99. The second-order valence-corrected chi connectivity index (χ2v) is 6.10. The van der Waals surface area contributed by atoms with E-state index >= 15 is 0 Å². The second-order valence-electron chi connectivity index (χ2n) is 6.10. The van der Waals surface area contributed by atoms with E-state index in [1.165, 1.54) is 22.3 Å². The fourth-order valence-corrected chi connectivity index (χ4v) is 3.51. The molecule has 110 valence electrons. The Morgan fingerprint density at radius 3 is 2.57 bits per heavy atom. The van der Waals surface area contributed by atoms with E-state index in [0.29, 0.717) is 0 Å². The van der Waals surface area contributed by atoms with Crippen LogP contribution in [0.25, 0.3) is 33.9 Å². The molecule has 0 atom stereocenters. The molecule has 0 aromatic heterocycles. The molecule has 0 saturated heterocycles. The fourth-order valence-electron chi connectivity index (χ4n) is 3.51. The molecule has 0 radical (unpaired) electrons. The molecule has 3 nitrogen and oxygen atoms in total. The molecule has 0 unspecified atom stereocenters. The van der Waals surface area contributed by atoms with Crippen LogP contribution < -0.4 is 0 Å². The van der Waals surface area contributed by atoms with Crippen molar-refractivity contribution in [1.82, 2.24) is 14.5 Å². The Bertz CT molecular complexity index is 1010. The topological polar surface area (TPSA) is 30.7 Å². The lowest BCUT2D eigenvalue weighted by Crippen LogP contribution is -1.90. The number of imidazole rings is 1. The summed E-state index contributed by atoms with van der Waals surface area (Å²) in [4.78, 5) is 9.51. The van der Waals surface area contributed by atoms with Crippen LogP contribution in [0.15, 0.2) is 60.9 Å². The summed E-state index contributed by atoms with van der Waals surface area (Å²) in [5, 5.41) is 0. The van der Waals surface area contributed by atoms with Crippen LogP contribution >= 0.6 is 0 Å². The molecule has 0 saturated carbocycles. The summed E-state index contributed by atoms with van der Waals surface area (Å²) in [5.41, 5.74) is 8.38. The van der Waals surface area contributed by atoms with Gasteiger partial charge in [0.25, 0.3) is 0 Å². The number of aryl methyl sites for hydroxylation is 1. The normalized spacial score (nSPS) is 12.4. The number of hydrogen-bond donors (Lipinski definition) is 0. The summed E-state index contributed by atoms with van der Waals surface area (Å²) in [6, 6.07) is 17.1. The minimum Gasteiger partial charge on any atom is -0.355 e. The van der Waals surface area contributed by atoms with Crippen molar-refractivity contribution >= 4 is 0 Å². The zero-order valence-corrected chi connectivity index (χ0v) is 12.8. The lowest BCUT2D eigenvalue weighted by Gasteiger charge is -2.06. The van der Waals surface area contributed by atoms with Crippen LogP contribution in [0.4, 0.5) is 0 Å². The van der Waals surface area contributed by atoms with Crippen molar-refractivity contribution in [3.05, 3.63) is 72.1 Å². The molecular formula is C20H15N3. The third kappa shape index (κ3) is 1.83. The zero-order valence-electron chi connectivity index (χ0n) is 12.8. The summed E-state index contributed by atoms with van der Waals surface area (Å²) in [7, 11) is 2.00. The van der Waals surface area contributed by atoms with E-state index in [1.807, 2.05) is 30.1 Å². The van der Waals surface area contributed by atoms with E-state index in [9.17, 15) is 0 Å². The number of rotatable bonds is 1. The standard InChI is InChI=1S/C20H15N3/c1-23-10-9-17-18(12-23)22-20(21-17)16-8-4-6-14-11-13-5-2-3-7-15(13)19(14)16/h2-10,12H,11H2,1H3. The molecule has 2 aromatic rings. The second kappa shape index (κ2) is 4.53. The van der Waals surface area contributed by atoms with Crippen molar-refractivity contribution in [1.29, 1.82) is 0 Å². The fraction of sp³-hybridized carbons (Fsp3) is 0.100. The number of pyridine rings is 1. The number of nitrogens with zero attached hydrogens (tertiary/aromatic N) is 3. The first-order valence-corrected chi connectivity index (χ1v) is 7.80. The molecule has 0 bridgehead atoms. The molecule has 3 heteroatoms. The maximum Gasteiger partial charge on any atom is 0.161 e. The predicted molar refractivity (Wildman–Crippen MR) is 91.3 cm³/mol. The van der Waals surface area contributed by atoms with Crippen molar-refractivity contribution in [2.45, 2.75) is 6.42 Å². The molecule has 3 aliphatic rings. The van der Waals surface area contributed by atoms with Crippen LogP contribution in [0.5, 0.6) is 0 Å². The number of fused-ring (bicyclic) bond motifs is 4. The summed E-state index contributed by atoms with van der Waals surface area (Å²) >= 11 is 0. The molecule has 23 heavy (non-hydrogen) atoms. The Morgan fingerprint density at radius 2 is 1.61 bits per heavy atom. The molecular weight excluding hydrogens is 282 g/mol. The monoisotopic (exact) mass is 297 g/mol. The molecule has 5 rings (SSSR count). The largest absolute Gasteiger partial charge is 0.355 e. The van der Waals surface area contributed by atoms with E-state index in [1.54, 1.807) is 0 Å². The molecule has 2 aromatic carbocycles. The SMILES string of the molecule is Cn1ccc2nc(-c3cccc4c3-c3ccccc3C4)nc-2c1. The van der Waals surface area contributed by atoms with E-state index < -0.39 is 0 Å². The van der Waals surface area contributed by atoms with Crippen molar-refractivity contribution in [2.24, 2.45) is 7.05 Å². The van der Waals surface area contributed by atoms with Gasteiger partial charge in [-0.15, -0.1) is 0 Å². The number of benzene rings is 2. The minimum atomic E-state index is 0.819. The summed E-state index contributed by atoms with van der Waals surface area (Å²) in [6.07, 6.45) is 5.02. The highest BCUT2D eigenvalue weighted by Gasteiger charge is 2.23. The first kappa shape index (κ1) is 12.6. The van der Waals surface area contributed by atoms with Gasteiger partial charge in [0.15, 0.2) is 5.82 Å². The highest BCUT2D eigenvalue weighted by atomic mass is 15.0. The lowest BCUT2D eigenvalue weighted by molar-refractivity contribution is 0.901. The number of aromatic nitrogens is 3. The summed E-state index contributed by atoms with van der Waals surface area (Å²) in [6.45, 7) is 0. The van der Waals surface area contributed by atoms with Crippen LogP contribution in [-0.2, 0) is 13.5 Å². The van der Waals surface area contributed by atoms with Gasteiger partial charge < -0.3 is 4.57 Å². The van der Waals surface area contributed by atoms with Gasteiger partial charge in [-0.2, -0.15) is 0 Å². The van der Waals surface area contributed by atoms with Crippen molar-refractivity contribution in [2.75, 3.05) is 0 Å². The zero-order chi connectivity index (χ0) is 15.4. The Labute approximate surface area is 134 Å². The van der Waals surface area contributed by atoms with Gasteiger partial charge in [0.1, 0.15) is 5.69 Å². The van der Waals surface area contributed by atoms with Crippen LogP contribution in [0.1, 0.15) is 11.1 Å². The highest BCUT2D eigenvalue weighted by molar-refractivity contribution is 5.89. The van der Waals surface area contributed by atoms with Gasteiger partial charge in [0, 0.05) is 25.0 Å². The maximum atomic E-state index is 4.76. The smallest absolute Gasteiger partial charge is 0.161 e. The average Bonchev–Trinajstić information content (AvgIpc) is 3.14. The Morgan fingerprint density at radius 1 is 0.826 bits per heavy atom. The van der Waals surface area contributed by atoms with Crippen LogP contribution in [0.3, 0.4) is 0 Å². The Hall–Kier alpha value is -2.94. The van der Waals surface area contributed by atoms with E-state index in [2.05, 4.69) is 42.5 Å². The van der Waals surface area contributed by atoms with E-state index in [-0.39, 0.29) is 0 Å². The first-order chi connectivity index (χ1) is 11.3. The molecule has 2 aliphatic heterocycles. The van der Waals surface area contributed by atoms with Gasteiger partial charge in [0.2, 0.25) is 0 Å². The molecule has 0 fully saturated rings. The van der Waals surface area contributed by atoms with Gasteiger partial charge in [-0.05, 0) is 34.7 Å². The van der Waals surface area contributed by atoms with Gasteiger partial charge in [-0.1, -0.05) is 42.5 Å². The first-order valence-electron chi connectivity index (χ1n) is 7.80. The molecule has 0 spiro atoms. The highest BCUT2D eigenvalue weighted by Crippen LogP contribution is 2.42. The van der Waals surface area contributed by atoms with Crippen LogP contribution in [0, 0.1) is 0 Å². The summed E-state index contributed by atoms with van der Waals surface area (Å²) < 4.78 is 2.01. The average molecular weight is 297 g/mol. The van der Waals surface area contributed by atoms with Gasteiger partial charge in [-0.25, -0.2) is 9.97 Å². The quantitative estimate of drug-likeness (QED) is 0.465. The van der Waals surface area contributed by atoms with Gasteiger partial charge in [0.05, 0.1) is 5.69 Å². The van der Waals surface area contributed by atoms with Gasteiger partial charge in [-0.3, -0.25) is 0 Å². The van der Waals surface area contributed by atoms with Crippen molar-refractivity contribution in [3.63, 3.8) is 0 Å². The van der Waals surface area contributed by atoms with Gasteiger partial charge >= 0.3 is 0 Å². The van der Waals surface area contributed by atoms with Crippen LogP contribution in [-0.4, -0.2) is 14.5 Å². The van der Waals surface area contributed by atoms with E-state index in [4.69, 9.17) is 9.97 Å². The maximum absolute atomic E-state index is 4.76. The third-order valence-electron chi connectivity index (χ3n) is 4.57. The molecule has 0 amide bonds.